The van der Waals surface area contributed by atoms with Gasteiger partial charge in [-0.1, -0.05) is 35.3 Å². The van der Waals surface area contributed by atoms with Crippen molar-refractivity contribution in [2.24, 2.45) is 0 Å². The lowest BCUT2D eigenvalue weighted by molar-refractivity contribution is -0.120. The van der Waals surface area contributed by atoms with Gasteiger partial charge in [-0.05, 0) is 42.8 Å². The van der Waals surface area contributed by atoms with E-state index in [2.05, 4.69) is 5.32 Å². The monoisotopic (exact) mass is 413 g/mol. The van der Waals surface area contributed by atoms with Crippen molar-refractivity contribution in [2.75, 3.05) is 20.3 Å². The highest BCUT2D eigenvalue weighted by Gasteiger charge is 2.16. The molecule has 0 saturated carbocycles. The van der Waals surface area contributed by atoms with E-state index in [1.54, 1.807) is 25.3 Å². The fourth-order valence-electron chi connectivity index (χ4n) is 2.09. The van der Waals surface area contributed by atoms with Gasteiger partial charge in [0, 0.05) is 23.6 Å². The molecule has 0 aromatic heterocycles. The van der Waals surface area contributed by atoms with Crippen molar-refractivity contribution < 1.29 is 14.3 Å². The minimum atomic E-state index is -0.289. The molecule has 2 aromatic carbocycles. The average Bonchev–Trinajstić information content (AvgIpc) is 2.64. The van der Waals surface area contributed by atoms with Crippen molar-refractivity contribution >= 4 is 40.9 Å². The van der Waals surface area contributed by atoms with Gasteiger partial charge < -0.3 is 14.8 Å². The zero-order chi connectivity index (χ0) is 18.9. The third kappa shape index (κ3) is 6.72. The first kappa shape index (κ1) is 20.9. The zero-order valence-electron chi connectivity index (χ0n) is 14.6. The highest BCUT2D eigenvalue weighted by molar-refractivity contribution is 8.00. The fourth-order valence-corrected chi connectivity index (χ4v) is 3.53. The van der Waals surface area contributed by atoms with Crippen molar-refractivity contribution in [3.05, 3.63) is 58.1 Å². The number of ether oxygens (including phenoxy) is 2. The van der Waals surface area contributed by atoms with Gasteiger partial charge in [0.15, 0.2) is 0 Å². The standard InChI is InChI=1S/C19H21Cl2NO3S/c1-13(26-18-11-15(20)5-8-17(18)21)19(23)22-12-14-3-6-16(7-4-14)25-10-9-24-2/h3-8,11,13H,9-10,12H2,1-2H3,(H,22,23). The average molecular weight is 414 g/mol. The molecule has 0 aliphatic rings. The minimum absolute atomic E-state index is 0.0635. The molecule has 1 amide bonds. The van der Waals surface area contributed by atoms with Crippen LogP contribution in [0.2, 0.25) is 10.0 Å². The molecular weight excluding hydrogens is 393 g/mol. The van der Waals surface area contributed by atoms with Gasteiger partial charge in [-0.3, -0.25) is 4.79 Å². The second kappa shape index (κ2) is 10.7. The number of rotatable bonds is 9. The van der Waals surface area contributed by atoms with Gasteiger partial charge in [0.05, 0.1) is 16.9 Å². The maximum atomic E-state index is 12.3. The Bertz CT molecular complexity index is 725. The van der Waals surface area contributed by atoms with E-state index in [0.29, 0.717) is 29.8 Å². The van der Waals surface area contributed by atoms with Crippen molar-refractivity contribution in [1.29, 1.82) is 0 Å². The highest BCUT2D eigenvalue weighted by Crippen LogP contribution is 2.32. The number of halogens is 2. The number of benzene rings is 2. The number of methoxy groups -OCH3 is 1. The molecule has 0 aliphatic carbocycles. The van der Waals surface area contributed by atoms with Crippen LogP contribution in [0.25, 0.3) is 0 Å². The van der Waals surface area contributed by atoms with Crippen LogP contribution in [0.3, 0.4) is 0 Å². The second-order valence-electron chi connectivity index (χ2n) is 5.54. The summed E-state index contributed by atoms with van der Waals surface area (Å²) in [6.07, 6.45) is 0. The number of thioether (sulfide) groups is 1. The van der Waals surface area contributed by atoms with Crippen LogP contribution in [0.1, 0.15) is 12.5 Å². The summed E-state index contributed by atoms with van der Waals surface area (Å²) in [6.45, 7) is 3.34. The lowest BCUT2D eigenvalue weighted by Crippen LogP contribution is -2.30. The SMILES string of the molecule is COCCOc1ccc(CNC(=O)C(C)Sc2cc(Cl)ccc2Cl)cc1. The quantitative estimate of drug-likeness (QED) is 0.472. The van der Waals surface area contributed by atoms with Crippen LogP contribution in [0.5, 0.6) is 5.75 Å². The Kier molecular flexibility index (Phi) is 8.59. The highest BCUT2D eigenvalue weighted by atomic mass is 35.5. The summed E-state index contributed by atoms with van der Waals surface area (Å²) < 4.78 is 10.5. The van der Waals surface area contributed by atoms with Gasteiger partial charge in [0.25, 0.3) is 0 Å². The van der Waals surface area contributed by atoms with E-state index in [-0.39, 0.29) is 11.2 Å². The number of hydrogen-bond donors (Lipinski definition) is 1. The van der Waals surface area contributed by atoms with Gasteiger partial charge in [-0.25, -0.2) is 0 Å². The Hall–Kier alpha value is -1.40. The molecule has 140 valence electrons. The molecule has 0 fully saturated rings. The second-order valence-corrected chi connectivity index (χ2v) is 7.76. The first-order chi connectivity index (χ1) is 12.5. The van der Waals surface area contributed by atoms with E-state index in [0.717, 1.165) is 16.2 Å². The lowest BCUT2D eigenvalue weighted by Gasteiger charge is -2.13. The Morgan fingerprint density at radius 1 is 1.15 bits per heavy atom. The molecule has 2 rings (SSSR count). The van der Waals surface area contributed by atoms with E-state index in [4.69, 9.17) is 32.7 Å². The number of carbonyl (C=O) groups excluding carboxylic acids is 1. The maximum absolute atomic E-state index is 12.3. The van der Waals surface area contributed by atoms with Crippen LogP contribution >= 0.6 is 35.0 Å². The molecule has 0 spiro atoms. The molecule has 1 atom stereocenters. The number of nitrogens with one attached hydrogen (secondary N) is 1. The van der Waals surface area contributed by atoms with Gasteiger partial charge >= 0.3 is 0 Å². The predicted octanol–water partition coefficient (Wildman–Crippen LogP) is 4.82. The third-order valence-electron chi connectivity index (χ3n) is 3.51. The fraction of sp³-hybridized carbons (Fsp3) is 0.316. The Morgan fingerprint density at radius 3 is 2.58 bits per heavy atom. The summed E-state index contributed by atoms with van der Waals surface area (Å²) in [5, 5.41) is 3.82. The molecule has 0 aliphatic heterocycles. The molecule has 26 heavy (non-hydrogen) atoms. The van der Waals surface area contributed by atoms with E-state index in [1.165, 1.54) is 11.8 Å². The molecule has 4 nitrogen and oxygen atoms in total. The van der Waals surface area contributed by atoms with Crippen molar-refractivity contribution in [2.45, 2.75) is 23.6 Å². The van der Waals surface area contributed by atoms with Crippen molar-refractivity contribution in [1.82, 2.24) is 5.32 Å². The number of hydrogen-bond acceptors (Lipinski definition) is 4. The van der Waals surface area contributed by atoms with Crippen LogP contribution in [0.15, 0.2) is 47.4 Å². The first-order valence-electron chi connectivity index (χ1n) is 8.09. The van der Waals surface area contributed by atoms with E-state index < -0.39 is 0 Å². The van der Waals surface area contributed by atoms with E-state index >= 15 is 0 Å². The van der Waals surface area contributed by atoms with Crippen LogP contribution < -0.4 is 10.1 Å². The Morgan fingerprint density at radius 2 is 1.88 bits per heavy atom. The first-order valence-corrected chi connectivity index (χ1v) is 9.73. The molecule has 1 unspecified atom stereocenters. The lowest BCUT2D eigenvalue weighted by atomic mass is 10.2. The molecule has 7 heteroatoms. The normalized spacial score (nSPS) is 11.8. The van der Waals surface area contributed by atoms with Gasteiger partial charge in [0.1, 0.15) is 12.4 Å². The molecule has 0 heterocycles. The zero-order valence-corrected chi connectivity index (χ0v) is 17.0. The molecule has 1 N–H and O–H groups in total. The molecule has 0 radical (unpaired) electrons. The largest absolute Gasteiger partial charge is 0.491 e. The van der Waals surface area contributed by atoms with Crippen LogP contribution in [0.4, 0.5) is 0 Å². The summed E-state index contributed by atoms with van der Waals surface area (Å²) in [4.78, 5) is 13.1. The van der Waals surface area contributed by atoms with Crippen molar-refractivity contribution in [3.63, 3.8) is 0 Å². The van der Waals surface area contributed by atoms with Gasteiger partial charge in [-0.2, -0.15) is 0 Å². The van der Waals surface area contributed by atoms with E-state index in [1.807, 2.05) is 31.2 Å². The number of carbonyl (C=O) groups is 1. The maximum Gasteiger partial charge on any atom is 0.233 e. The third-order valence-corrected chi connectivity index (χ3v) is 5.35. The molecular formula is C19H21Cl2NO3S. The Balaban J connectivity index is 1.82. The van der Waals surface area contributed by atoms with Gasteiger partial charge in [0.2, 0.25) is 5.91 Å². The topological polar surface area (TPSA) is 47.6 Å². The van der Waals surface area contributed by atoms with Crippen LogP contribution in [-0.2, 0) is 16.1 Å². The summed E-state index contributed by atoms with van der Waals surface area (Å²) in [5.74, 6) is 0.711. The summed E-state index contributed by atoms with van der Waals surface area (Å²) in [5.41, 5.74) is 0.996. The summed E-state index contributed by atoms with van der Waals surface area (Å²) in [6, 6.07) is 12.8. The minimum Gasteiger partial charge on any atom is -0.491 e. The Labute approximate surface area is 168 Å². The predicted molar refractivity (Wildman–Crippen MR) is 107 cm³/mol. The summed E-state index contributed by atoms with van der Waals surface area (Å²) in [7, 11) is 1.63. The molecule has 0 bridgehead atoms. The summed E-state index contributed by atoms with van der Waals surface area (Å²) >= 11 is 13.5. The van der Waals surface area contributed by atoms with Crippen molar-refractivity contribution in [3.8, 4) is 5.75 Å². The molecule has 0 saturated heterocycles. The number of amides is 1. The van der Waals surface area contributed by atoms with Gasteiger partial charge in [-0.15, -0.1) is 11.8 Å². The van der Waals surface area contributed by atoms with Crippen LogP contribution in [0, 0.1) is 0 Å². The van der Waals surface area contributed by atoms with Crippen LogP contribution in [-0.4, -0.2) is 31.5 Å². The van der Waals surface area contributed by atoms with E-state index in [9.17, 15) is 4.79 Å². The smallest absolute Gasteiger partial charge is 0.233 e. The molecule has 2 aromatic rings.